The Morgan fingerprint density at radius 1 is 1.59 bits per heavy atom. The van der Waals surface area contributed by atoms with E-state index in [2.05, 4.69) is 12.2 Å². The van der Waals surface area contributed by atoms with Gasteiger partial charge in [0, 0.05) is 19.2 Å². The molecule has 1 saturated heterocycles. The first-order chi connectivity index (χ1) is 8.16. The summed E-state index contributed by atoms with van der Waals surface area (Å²) in [5.74, 6) is -0.373. The van der Waals surface area contributed by atoms with Crippen LogP contribution < -0.4 is 5.32 Å². The fourth-order valence-corrected chi connectivity index (χ4v) is 2.26. The highest BCUT2D eigenvalue weighted by molar-refractivity contribution is 6.30. The van der Waals surface area contributed by atoms with Gasteiger partial charge in [-0.2, -0.15) is 0 Å². The summed E-state index contributed by atoms with van der Waals surface area (Å²) in [6, 6.07) is 5.11. The van der Waals surface area contributed by atoms with Gasteiger partial charge in [-0.1, -0.05) is 17.7 Å². The van der Waals surface area contributed by atoms with Gasteiger partial charge in [0.05, 0.1) is 11.1 Å². The van der Waals surface area contributed by atoms with E-state index in [0.717, 1.165) is 25.0 Å². The average Bonchev–Trinajstić information content (AvgIpc) is 2.84. The number of nitrogens with one attached hydrogen (secondary N) is 1. The summed E-state index contributed by atoms with van der Waals surface area (Å²) >= 11 is 5.73. The lowest BCUT2D eigenvalue weighted by atomic mass is 10.1. The van der Waals surface area contributed by atoms with Crippen molar-refractivity contribution in [2.45, 2.75) is 38.5 Å². The molecule has 4 heteroatoms. The monoisotopic (exact) mass is 257 g/mol. The normalized spacial score (nSPS) is 21.7. The second-order valence-corrected chi connectivity index (χ2v) is 4.88. The third-order valence-electron chi connectivity index (χ3n) is 3.13. The Morgan fingerprint density at radius 2 is 2.41 bits per heavy atom. The van der Waals surface area contributed by atoms with E-state index in [1.807, 2.05) is 0 Å². The van der Waals surface area contributed by atoms with Crippen LogP contribution in [0.5, 0.6) is 0 Å². The molecule has 0 aromatic heterocycles. The van der Waals surface area contributed by atoms with E-state index in [4.69, 9.17) is 16.3 Å². The largest absolute Gasteiger partial charge is 0.377 e. The van der Waals surface area contributed by atoms with Crippen LogP contribution in [-0.2, 0) is 11.3 Å². The third-order valence-corrected chi connectivity index (χ3v) is 3.42. The number of benzene rings is 1. The summed E-state index contributed by atoms with van der Waals surface area (Å²) in [5, 5.41) is 3.56. The van der Waals surface area contributed by atoms with Crippen LogP contribution in [0.25, 0.3) is 0 Å². The summed E-state index contributed by atoms with van der Waals surface area (Å²) in [6.07, 6.45) is 2.54. The van der Waals surface area contributed by atoms with Crippen LogP contribution in [0, 0.1) is 5.82 Å². The van der Waals surface area contributed by atoms with Crippen LogP contribution in [0.2, 0.25) is 5.02 Å². The Labute approximate surface area is 106 Å². The van der Waals surface area contributed by atoms with Crippen molar-refractivity contribution in [1.29, 1.82) is 0 Å². The average molecular weight is 258 g/mol. The molecule has 0 bridgehead atoms. The molecule has 1 heterocycles. The van der Waals surface area contributed by atoms with Crippen LogP contribution in [-0.4, -0.2) is 18.8 Å². The van der Waals surface area contributed by atoms with Crippen molar-refractivity contribution in [2.24, 2.45) is 0 Å². The third kappa shape index (κ3) is 3.41. The minimum atomic E-state index is -0.373. The van der Waals surface area contributed by atoms with Crippen molar-refractivity contribution in [2.75, 3.05) is 6.61 Å². The van der Waals surface area contributed by atoms with Crippen molar-refractivity contribution in [3.63, 3.8) is 0 Å². The van der Waals surface area contributed by atoms with Gasteiger partial charge >= 0.3 is 0 Å². The molecule has 0 radical (unpaired) electrons. The van der Waals surface area contributed by atoms with Crippen molar-refractivity contribution < 1.29 is 9.13 Å². The smallest absolute Gasteiger partial charge is 0.141 e. The van der Waals surface area contributed by atoms with E-state index < -0.39 is 0 Å². The number of ether oxygens (including phenoxy) is 1. The molecule has 2 nitrogen and oxygen atoms in total. The standard InChI is InChI=1S/C13H17ClFNO/c1-9(13-3-2-6-17-13)16-8-10-4-5-12(15)11(14)7-10/h4-5,7,9,13,16H,2-3,6,8H2,1H3. The molecule has 1 fully saturated rings. The SMILES string of the molecule is CC(NCc1ccc(F)c(Cl)c1)C1CCCO1. The van der Waals surface area contributed by atoms with Gasteiger partial charge < -0.3 is 10.1 Å². The van der Waals surface area contributed by atoms with Crippen molar-refractivity contribution in [3.05, 3.63) is 34.6 Å². The summed E-state index contributed by atoms with van der Waals surface area (Å²) in [5.41, 5.74) is 0.987. The van der Waals surface area contributed by atoms with Crippen molar-refractivity contribution >= 4 is 11.6 Å². The maximum absolute atomic E-state index is 13.0. The zero-order valence-electron chi connectivity index (χ0n) is 9.88. The van der Waals surface area contributed by atoms with E-state index in [1.165, 1.54) is 6.07 Å². The number of hydrogen-bond donors (Lipinski definition) is 1. The lowest BCUT2D eigenvalue weighted by molar-refractivity contribution is 0.0832. The molecule has 0 aliphatic carbocycles. The van der Waals surface area contributed by atoms with Gasteiger partial charge in [-0.05, 0) is 37.5 Å². The molecule has 1 aliphatic heterocycles. The molecule has 0 spiro atoms. The van der Waals surface area contributed by atoms with Gasteiger partial charge in [-0.3, -0.25) is 0 Å². The predicted molar refractivity (Wildman–Crippen MR) is 66.7 cm³/mol. The van der Waals surface area contributed by atoms with Crippen molar-refractivity contribution in [3.8, 4) is 0 Å². The second kappa shape index (κ2) is 5.80. The molecule has 0 amide bonds. The van der Waals surface area contributed by atoms with E-state index in [1.54, 1.807) is 12.1 Å². The van der Waals surface area contributed by atoms with Gasteiger partial charge in [-0.15, -0.1) is 0 Å². The maximum Gasteiger partial charge on any atom is 0.141 e. The highest BCUT2D eigenvalue weighted by Crippen LogP contribution is 2.18. The quantitative estimate of drug-likeness (QED) is 0.895. The van der Waals surface area contributed by atoms with Crippen LogP contribution in [0.4, 0.5) is 4.39 Å². The molecule has 2 atom stereocenters. The molecule has 94 valence electrons. The lowest BCUT2D eigenvalue weighted by Gasteiger charge is -2.20. The Morgan fingerprint density at radius 3 is 3.06 bits per heavy atom. The predicted octanol–water partition coefficient (Wildman–Crippen LogP) is 3.14. The maximum atomic E-state index is 13.0. The molecule has 2 unspecified atom stereocenters. The second-order valence-electron chi connectivity index (χ2n) is 4.47. The molecule has 1 aliphatic rings. The Bertz CT molecular complexity index is 380. The molecule has 1 aromatic rings. The van der Waals surface area contributed by atoms with Crippen LogP contribution >= 0.6 is 11.6 Å². The topological polar surface area (TPSA) is 21.3 Å². The van der Waals surface area contributed by atoms with E-state index >= 15 is 0 Å². The number of hydrogen-bond acceptors (Lipinski definition) is 2. The molecule has 1 aromatic carbocycles. The Kier molecular flexibility index (Phi) is 4.37. The molecular weight excluding hydrogens is 241 g/mol. The highest BCUT2D eigenvalue weighted by Gasteiger charge is 2.21. The van der Waals surface area contributed by atoms with Crippen LogP contribution in [0.1, 0.15) is 25.3 Å². The number of halogens is 2. The zero-order valence-corrected chi connectivity index (χ0v) is 10.6. The Balaban J connectivity index is 1.86. The van der Waals surface area contributed by atoms with Gasteiger partial charge in [0.2, 0.25) is 0 Å². The zero-order chi connectivity index (χ0) is 12.3. The van der Waals surface area contributed by atoms with E-state index in [9.17, 15) is 4.39 Å². The fourth-order valence-electron chi connectivity index (χ4n) is 2.06. The van der Waals surface area contributed by atoms with E-state index in [-0.39, 0.29) is 10.8 Å². The van der Waals surface area contributed by atoms with Crippen molar-refractivity contribution in [1.82, 2.24) is 5.32 Å². The minimum Gasteiger partial charge on any atom is -0.377 e. The Hall–Kier alpha value is -0.640. The van der Waals surface area contributed by atoms with Gasteiger partial charge in [0.15, 0.2) is 0 Å². The van der Waals surface area contributed by atoms with Gasteiger partial charge in [0.1, 0.15) is 5.82 Å². The lowest BCUT2D eigenvalue weighted by Crippen LogP contribution is -2.36. The first-order valence-corrected chi connectivity index (χ1v) is 6.33. The van der Waals surface area contributed by atoms with Gasteiger partial charge in [0.25, 0.3) is 0 Å². The molecular formula is C13H17ClFNO. The van der Waals surface area contributed by atoms with Gasteiger partial charge in [-0.25, -0.2) is 4.39 Å². The van der Waals surface area contributed by atoms with Crippen LogP contribution in [0.15, 0.2) is 18.2 Å². The first kappa shape index (κ1) is 12.8. The first-order valence-electron chi connectivity index (χ1n) is 5.96. The molecule has 1 N–H and O–H groups in total. The minimum absolute atomic E-state index is 0.175. The summed E-state index contributed by atoms with van der Waals surface area (Å²) in [7, 11) is 0. The highest BCUT2D eigenvalue weighted by atomic mass is 35.5. The van der Waals surface area contributed by atoms with Crippen LogP contribution in [0.3, 0.4) is 0 Å². The fraction of sp³-hybridized carbons (Fsp3) is 0.538. The summed E-state index contributed by atoms with van der Waals surface area (Å²) in [4.78, 5) is 0. The molecule has 2 rings (SSSR count). The summed E-state index contributed by atoms with van der Waals surface area (Å²) in [6.45, 7) is 3.65. The molecule has 17 heavy (non-hydrogen) atoms. The number of rotatable bonds is 4. The molecule has 0 saturated carbocycles. The summed E-state index contributed by atoms with van der Waals surface area (Å²) < 4.78 is 18.6. The van der Waals surface area contributed by atoms with E-state index in [0.29, 0.717) is 18.7 Å².